The van der Waals surface area contributed by atoms with Crippen molar-refractivity contribution >= 4 is 30.1 Å². The third kappa shape index (κ3) is 24.2. The first-order valence-electron chi connectivity index (χ1n) is 20.3. The second kappa shape index (κ2) is 33.6. The van der Waals surface area contributed by atoms with Crippen LogP contribution in [0.15, 0.2) is 30.3 Å². The fourth-order valence-electron chi connectivity index (χ4n) is 5.77. The summed E-state index contributed by atoms with van der Waals surface area (Å²) in [5, 5.41) is 16.7. The minimum Gasteiger partial charge on any atom is -0.480 e. The van der Waals surface area contributed by atoms with E-state index < -0.39 is 42.6 Å². The van der Waals surface area contributed by atoms with E-state index >= 15 is 0 Å². The van der Waals surface area contributed by atoms with Crippen LogP contribution in [-0.2, 0) is 33.4 Å². The number of nitrogens with one attached hydrogen (secondary N) is 3. The van der Waals surface area contributed by atoms with Gasteiger partial charge in [-0.25, -0.2) is 0 Å². The third-order valence-electron chi connectivity index (χ3n) is 9.45. The van der Waals surface area contributed by atoms with E-state index in [0.29, 0.717) is 25.4 Å². The molecular weight excluding hydrogens is 714 g/mol. The summed E-state index contributed by atoms with van der Waals surface area (Å²) in [6.07, 6.45) is 1.41. The highest BCUT2D eigenvalue weighted by molar-refractivity contribution is 5.83. The maximum atomic E-state index is 13.5. The second-order valence-electron chi connectivity index (χ2n) is 15.0. The minimum atomic E-state index is -1.14. The van der Waals surface area contributed by atoms with Crippen LogP contribution >= 0.6 is 0 Å². The third-order valence-corrected chi connectivity index (χ3v) is 9.45. The van der Waals surface area contributed by atoms with Gasteiger partial charge in [0, 0.05) is 33.9 Å². The number of methoxy groups -OCH3 is 2. The van der Waals surface area contributed by atoms with Crippen molar-refractivity contribution in [1.82, 2.24) is 25.8 Å². The summed E-state index contributed by atoms with van der Waals surface area (Å²) < 4.78 is 11.3. The lowest BCUT2D eigenvalue weighted by atomic mass is 9.90. The molecule has 1 aliphatic heterocycles. The van der Waals surface area contributed by atoms with Gasteiger partial charge >= 0.3 is 5.97 Å². The Hall–Kier alpha value is -3.55. The number of hydrogen-bond donors (Lipinski definition) is 4. The molecule has 1 aromatic carbocycles. The van der Waals surface area contributed by atoms with Crippen molar-refractivity contribution in [2.45, 2.75) is 139 Å². The molecule has 326 valence electrons. The van der Waals surface area contributed by atoms with Crippen molar-refractivity contribution < 1.29 is 38.6 Å². The molecule has 7 unspecified atom stereocenters. The molecule has 1 fully saturated rings. The summed E-state index contributed by atoms with van der Waals surface area (Å²) in [7, 11) is 6.60. The van der Waals surface area contributed by atoms with Gasteiger partial charge < -0.3 is 40.3 Å². The zero-order valence-electron chi connectivity index (χ0n) is 37.8. The van der Waals surface area contributed by atoms with Crippen molar-refractivity contribution in [2.24, 2.45) is 23.7 Å². The van der Waals surface area contributed by atoms with Gasteiger partial charge in [-0.05, 0) is 51.5 Å². The van der Waals surface area contributed by atoms with Crippen LogP contribution in [0.5, 0.6) is 0 Å². The molecule has 1 heterocycles. The van der Waals surface area contributed by atoms with Crippen LogP contribution in [0, 0.1) is 30.6 Å². The molecule has 0 radical (unpaired) electrons. The monoisotopic (exact) mass is 796 g/mol. The fourth-order valence-corrected chi connectivity index (χ4v) is 5.77. The van der Waals surface area contributed by atoms with Crippen LogP contribution in [0.3, 0.4) is 0 Å². The largest absolute Gasteiger partial charge is 0.480 e. The van der Waals surface area contributed by atoms with Crippen molar-refractivity contribution in [1.29, 1.82) is 0 Å². The smallest absolute Gasteiger partial charge is 0.322 e. The van der Waals surface area contributed by atoms with E-state index in [9.17, 15) is 24.0 Å². The number of carbonyl (C=O) groups excluding carboxylic acids is 4. The summed E-state index contributed by atoms with van der Waals surface area (Å²) in [6, 6.07) is 10.2. The molecule has 7 atom stereocenters. The average Bonchev–Trinajstić information content (AvgIpc) is 3.66. The number of likely N-dealkylation sites (N-methyl/N-ethyl adjacent to an activating group) is 1. The molecule has 0 bridgehead atoms. The van der Waals surface area contributed by atoms with E-state index in [1.807, 2.05) is 52.9 Å². The molecule has 1 aliphatic rings. The van der Waals surface area contributed by atoms with E-state index in [2.05, 4.69) is 76.5 Å². The molecule has 1 saturated heterocycles. The molecule has 56 heavy (non-hydrogen) atoms. The van der Waals surface area contributed by atoms with Crippen LogP contribution in [0.1, 0.15) is 107 Å². The van der Waals surface area contributed by atoms with Gasteiger partial charge in [-0.1, -0.05) is 112 Å². The van der Waals surface area contributed by atoms with Crippen LogP contribution < -0.4 is 16.0 Å². The molecule has 0 aliphatic carbocycles. The quantitative estimate of drug-likeness (QED) is 0.135. The number of aliphatic carboxylic acids is 1. The predicted molar refractivity (Wildman–Crippen MR) is 227 cm³/mol. The molecule has 0 spiro atoms. The zero-order chi connectivity index (χ0) is 44.0. The highest BCUT2D eigenvalue weighted by Crippen LogP contribution is 2.29. The normalized spacial score (nSPS) is 16.2. The Kier molecular flexibility index (Phi) is 34.0. The first-order valence-corrected chi connectivity index (χ1v) is 20.3. The lowest BCUT2D eigenvalue weighted by Gasteiger charge is -2.39. The molecule has 4 amide bonds. The second-order valence-corrected chi connectivity index (χ2v) is 15.0. The van der Waals surface area contributed by atoms with Gasteiger partial charge in [0.1, 0.15) is 6.54 Å². The maximum Gasteiger partial charge on any atom is 0.322 e. The van der Waals surface area contributed by atoms with Gasteiger partial charge in [-0.3, -0.25) is 24.0 Å². The molecule has 2 rings (SSSR count). The minimum absolute atomic E-state index is 0.0204. The number of carboxylic acid groups (broad SMARTS) is 1. The van der Waals surface area contributed by atoms with E-state index in [0.717, 1.165) is 24.7 Å². The van der Waals surface area contributed by atoms with Gasteiger partial charge in [-0.2, -0.15) is 0 Å². The summed E-state index contributed by atoms with van der Waals surface area (Å²) in [6.45, 7) is 24.7. The zero-order valence-corrected chi connectivity index (χ0v) is 37.8. The number of likely N-dealkylation sites (tertiary alicyclic amines) is 1. The number of rotatable bonds is 18. The summed E-state index contributed by atoms with van der Waals surface area (Å²) in [5.41, 5.74) is 1.32. The molecule has 4 N–H and O–H groups in total. The summed E-state index contributed by atoms with van der Waals surface area (Å²) >= 11 is 0. The van der Waals surface area contributed by atoms with Gasteiger partial charge in [-0.15, -0.1) is 0 Å². The number of ether oxygens (including phenoxy) is 2. The Balaban J connectivity index is -0.00000114. The van der Waals surface area contributed by atoms with Crippen LogP contribution in [0.4, 0.5) is 0 Å². The first-order chi connectivity index (χ1) is 26.3. The summed E-state index contributed by atoms with van der Waals surface area (Å²) in [5.74, 6) is -1.13. The van der Waals surface area contributed by atoms with E-state index in [4.69, 9.17) is 14.6 Å². The first kappa shape index (κ1) is 56.8. The van der Waals surface area contributed by atoms with Crippen molar-refractivity contribution in [3.8, 4) is 0 Å². The Labute approximate surface area is 340 Å². The van der Waals surface area contributed by atoms with Gasteiger partial charge in [0.25, 0.3) is 0 Å². The number of aryl methyl sites for hydroxylation is 1. The van der Waals surface area contributed by atoms with Gasteiger partial charge in [0.05, 0.1) is 43.2 Å². The maximum absolute atomic E-state index is 13.5. The lowest BCUT2D eigenvalue weighted by molar-refractivity contribution is -0.146. The number of benzene rings is 1. The van der Waals surface area contributed by atoms with Gasteiger partial charge in [0.15, 0.2) is 0 Å². The van der Waals surface area contributed by atoms with Crippen molar-refractivity contribution in [3.05, 3.63) is 35.9 Å². The standard InChI is InChI=1S/C24H42N4O8.C7H8.C6H15N.C4H10.C2H6/c1-7-15(2)22(27(4)20(31)12-25-14-29)18(35-5)11-19(30)28-10-8-9-17(28)23(36-6)16(3)24(34)26-13-21(32)33;1-7-5-3-2-4-6-7;1-5(2)6(3)7-4;1-4(2)3;1-2/h14-18,22-23H,7-13H2,1-6H3,(H,25,29)(H,26,34)(H,32,33);2-6H,1H3;5-7H,1-4H3;4H,1-3H3;1-2H3. The van der Waals surface area contributed by atoms with E-state index in [1.165, 1.54) is 24.7 Å². The Morgan fingerprint density at radius 1 is 0.964 bits per heavy atom. The predicted octanol–water partition coefficient (Wildman–Crippen LogP) is 5.79. The highest BCUT2D eigenvalue weighted by Gasteiger charge is 2.41. The number of hydrogen-bond acceptors (Lipinski definition) is 8. The highest BCUT2D eigenvalue weighted by atomic mass is 16.5. The van der Waals surface area contributed by atoms with Gasteiger partial charge in [0.2, 0.25) is 24.1 Å². The van der Waals surface area contributed by atoms with Crippen LogP contribution in [-0.4, -0.2) is 123 Å². The van der Waals surface area contributed by atoms with Crippen molar-refractivity contribution in [3.63, 3.8) is 0 Å². The molecule has 13 heteroatoms. The van der Waals surface area contributed by atoms with E-state index in [-0.39, 0.29) is 36.7 Å². The number of nitrogens with zero attached hydrogens (tertiary/aromatic N) is 2. The number of carboxylic acids is 1. The number of amides is 4. The molecule has 0 saturated carbocycles. The average molecular weight is 796 g/mol. The van der Waals surface area contributed by atoms with Crippen LogP contribution in [0.25, 0.3) is 0 Å². The lowest BCUT2D eigenvalue weighted by Crippen LogP contribution is -2.54. The van der Waals surface area contributed by atoms with Crippen molar-refractivity contribution in [2.75, 3.05) is 47.9 Å². The van der Waals surface area contributed by atoms with Crippen LogP contribution in [0.2, 0.25) is 0 Å². The molecule has 1 aromatic rings. The fraction of sp³-hybridized carbons (Fsp3) is 0.744. The van der Waals surface area contributed by atoms with E-state index in [1.54, 1.807) is 18.9 Å². The molecule has 13 nitrogen and oxygen atoms in total. The Morgan fingerprint density at radius 3 is 1.89 bits per heavy atom. The Bertz CT molecular complexity index is 1180. The molecular formula is C43H81N5O8. The Morgan fingerprint density at radius 2 is 1.52 bits per heavy atom. The topological polar surface area (TPSA) is 167 Å². The number of carbonyl (C=O) groups is 5. The SMILES string of the molecule is CC.CC(C)C.CCC(C)C(C(CC(=O)N1CCCC1C(OC)C(C)C(=O)NCC(=O)O)OC)N(C)C(=O)CNC=O.CNC(C)C(C)C.Cc1ccccc1. The molecule has 0 aromatic heterocycles. The summed E-state index contributed by atoms with van der Waals surface area (Å²) in [4.78, 5) is 63.2.